The minimum Gasteiger partial charge on any atom is -0.461 e. The standard InChI is InChI=1S/C19H21N3O5/c1-4-19(11-25-12-19)27-18(24)16-15(17(23)26-5-2)20-21-22(16)13(3)14-9-7-6-8-10-14/h4,6-10,13H,1,5,11-12H2,2-3H3/t13-/m1/s1. The first-order valence-corrected chi connectivity index (χ1v) is 8.63. The van der Waals surface area contributed by atoms with E-state index < -0.39 is 17.5 Å². The van der Waals surface area contributed by atoms with Crippen LogP contribution >= 0.6 is 0 Å². The summed E-state index contributed by atoms with van der Waals surface area (Å²) in [6.07, 6.45) is 1.52. The SMILES string of the molecule is C=CC1(OC(=O)c2c(C(=O)OCC)nnn2[C@H](C)c2ccccc2)COC1. The maximum absolute atomic E-state index is 12.9. The van der Waals surface area contributed by atoms with Gasteiger partial charge in [-0.3, -0.25) is 0 Å². The Hall–Kier alpha value is -3.00. The van der Waals surface area contributed by atoms with Gasteiger partial charge in [0.1, 0.15) is 0 Å². The highest BCUT2D eigenvalue weighted by molar-refractivity contribution is 6.00. The van der Waals surface area contributed by atoms with Crippen LogP contribution in [-0.4, -0.2) is 52.4 Å². The monoisotopic (exact) mass is 371 g/mol. The third-order valence-corrected chi connectivity index (χ3v) is 4.37. The summed E-state index contributed by atoms with van der Waals surface area (Å²) in [5.41, 5.74) is -0.243. The van der Waals surface area contributed by atoms with Crippen LogP contribution in [0.2, 0.25) is 0 Å². The molecule has 1 aliphatic heterocycles. The number of hydrogen-bond donors (Lipinski definition) is 0. The molecule has 27 heavy (non-hydrogen) atoms. The van der Waals surface area contributed by atoms with E-state index in [-0.39, 0.29) is 37.3 Å². The van der Waals surface area contributed by atoms with Gasteiger partial charge < -0.3 is 14.2 Å². The first kappa shape index (κ1) is 18.8. The molecular weight excluding hydrogens is 350 g/mol. The Morgan fingerprint density at radius 1 is 1.33 bits per heavy atom. The van der Waals surface area contributed by atoms with E-state index in [9.17, 15) is 9.59 Å². The minimum absolute atomic E-state index is 0.0575. The lowest BCUT2D eigenvalue weighted by Crippen LogP contribution is -2.51. The summed E-state index contributed by atoms with van der Waals surface area (Å²) < 4.78 is 17.1. The molecule has 0 saturated carbocycles. The fraction of sp³-hybridized carbons (Fsp3) is 0.368. The fourth-order valence-corrected chi connectivity index (χ4v) is 2.72. The van der Waals surface area contributed by atoms with E-state index in [4.69, 9.17) is 14.2 Å². The number of ether oxygens (including phenoxy) is 3. The highest BCUT2D eigenvalue weighted by Gasteiger charge is 2.42. The van der Waals surface area contributed by atoms with E-state index in [2.05, 4.69) is 16.9 Å². The molecule has 1 aliphatic rings. The van der Waals surface area contributed by atoms with Crippen LogP contribution in [-0.2, 0) is 14.2 Å². The van der Waals surface area contributed by atoms with Crippen molar-refractivity contribution in [3.63, 3.8) is 0 Å². The second-order valence-corrected chi connectivity index (χ2v) is 6.19. The molecule has 1 saturated heterocycles. The van der Waals surface area contributed by atoms with Crippen LogP contribution in [0, 0.1) is 0 Å². The van der Waals surface area contributed by atoms with Crippen molar-refractivity contribution in [3.8, 4) is 0 Å². The zero-order chi connectivity index (χ0) is 19.4. The molecule has 1 aromatic carbocycles. The molecule has 1 aromatic heterocycles. The molecule has 0 unspecified atom stereocenters. The first-order chi connectivity index (χ1) is 13.0. The van der Waals surface area contributed by atoms with Gasteiger partial charge in [0, 0.05) is 0 Å². The van der Waals surface area contributed by atoms with Gasteiger partial charge >= 0.3 is 11.9 Å². The minimum atomic E-state index is -0.909. The lowest BCUT2D eigenvalue weighted by atomic mass is 10.0. The summed E-state index contributed by atoms with van der Waals surface area (Å²) in [6.45, 7) is 7.80. The van der Waals surface area contributed by atoms with Crippen molar-refractivity contribution >= 4 is 11.9 Å². The highest BCUT2D eigenvalue weighted by Crippen LogP contribution is 2.27. The van der Waals surface area contributed by atoms with Crippen LogP contribution in [0.4, 0.5) is 0 Å². The van der Waals surface area contributed by atoms with Crippen molar-refractivity contribution in [2.45, 2.75) is 25.5 Å². The van der Waals surface area contributed by atoms with Crippen molar-refractivity contribution in [1.82, 2.24) is 15.0 Å². The number of esters is 2. The Morgan fingerprint density at radius 3 is 2.59 bits per heavy atom. The van der Waals surface area contributed by atoms with Crippen LogP contribution < -0.4 is 0 Å². The van der Waals surface area contributed by atoms with Gasteiger partial charge in [-0.25, -0.2) is 14.3 Å². The Balaban J connectivity index is 2.00. The number of rotatable bonds is 7. The first-order valence-electron chi connectivity index (χ1n) is 8.63. The van der Waals surface area contributed by atoms with Crippen LogP contribution in [0.3, 0.4) is 0 Å². The van der Waals surface area contributed by atoms with E-state index >= 15 is 0 Å². The molecule has 8 heteroatoms. The quantitative estimate of drug-likeness (QED) is 0.544. The second-order valence-electron chi connectivity index (χ2n) is 6.19. The van der Waals surface area contributed by atoms with Gasteiger partial charge in [0.2, 0.25) is 5.69 Å². The molecule has 0 spiro atoms. The molecule has 0 aliphatic carbocycles. The Labute approximate surface area is 156 Å². The lowest BCUT2D eigenvalue weighted by Gasteiger charge is -2.37. The van der Waals surface area contributed by atoms with E-state index in [1.165, 1.54) is 10.8 Å². The zero-order valence-corrected chi connectivity index (χ0v) is 15.3. The summed E-state index contributed by atoms with van der Waals surface area (Å²) in [7, 11) is 0. The maximum atomic E-state index is 12.9. The van der Waals surface area contributed by atoms with Crippen LogP contribution in [0.25, 0.3) is 0 Å². The van der Waals surface area contributed by atoms with Gasteiger partial charge in [-0.05, 0) is 25.5 Å². The summed E-state index contributed by atoms with van der Waals surface area (Å²) in [6, 6.07) is 9.10. The van der Waals surface area contributed by atoms with E-state index in [1.54, 1.807) is 6.92 Å². The number of aromatic nitrogens is 3. The molecule has 0 amide bonds. The van der Waals surface area contributed by atoms with Crippen LogP contribution in [0.1, 0.15) is 46.4 Å². The predicted octanol–water partition coefficient (Wildman–Crippen LogP) is 2.18. The number of hydrogen-bond acceptors (Lipinski definition) is 7. The zero-order valence-electron chi connectivity index (χ0n) is 15.3. The smallest absolute Gasteiger partial charge is 0.361 e. The largest absolute Gasteiger partial charge is 0.461 e. The van der Waals surface area contributed by atoms with Gasteiger partial charge in [0.15, 0.2) is 11.3 Å². The third-order valence-electron chi connectivity index (χ3n) is 4.37. The highest BCUT2D eigenvalue weighted by atomic mass is 16.6. The van der Waals surface area contributed by atoms with Crippen LogP contribution in [0.5, 0.6) is 0 Å². The second kappa shape index (κ2) is 7.71. The van der Waals surface area contributed by atoms with Crippen molar-refractivity contribution in [2.75, 3.05) is 19.8 Å². The van der Waals surface area contributed by atoms with Crippen molar-refractivity contribution in [3.05, 3.63) is 59.9 Å². The summed E-state index contributed by atoms with van der Waals surface area (Å²) >= 11 is 0. The normalized spacial score (nSPS) is 16.1. The number of benzene rings is 1. The molecule has 1 fully saturated rings. The Kier molecular flexibility index (Phi) is 5.36. The van der Waals surface area contributed by atoms with Gasteiger partial charge in [-0.15, -0.1) is 5.10 Å². The summed E-state index contributed by atoms with van der Waals surface area (Å²) in [4.78, 5) is 25.2. The predicted molar refractivity (Wildman–Crippen MR) is 95.4 cm³/mol. The van der Waals surface area contributed by atoms with E-state index in [0.717, 1.165) is 5.56 Å². The van der Waals surface area contributed by atoms with Gasteiger partial charge in [-0.2, -0.15) is 0 Å². The number of carbonyl (C=O) groups is 2. The van der Waals surface area contributed by atoms with Crippen molar-refractivity contribution in [1.29, 1.82) is 0 Å². The van der Waals surface area contributed by atoms with Crippen molar-refractivity contribution < 1.29 is 23.8 Å². The van der Waals surface area contributed by atoms with Gasteiger partial charge in [0.25, 0.3) is 0 Å². The summed E-state index contributed by atoms with van der Waals surface area (Å²) in [5, 5.41) is 7.91. The van der Waals surface area contributed by atoms with Crippen molar-refractivity contribution in [2.24, 2.45) is 0 Å². The molecule has 3 rings (SSSR count). The summed E-state index contributed by atoms with van der Waals surface area (Å²) in [5.74, 6) is -1.46. The molecule has 2 heterocycles. The van der Waals surface area contributed by atoms with E-state index in [1.807, 2.05) is 37.3 Å². The average molecular weight is 371 g/mol. The molecule has 0 radical (unpaired) electrons. The number of nitrogens with zero attached hydrogens (tertiary/aromatic N) is 3. The molecule has 2 aromatic rings. The average Bonchev–Trinajstić information content (AvgIpc) is 3.10. The molecule has 0 bridgehead atoms. The topological polar surface area (TPSA) is 92.5 Å². The molecule has 8 nitrogen and oxygen atoms in total. The van der Waals surface area contributed by atoms with Gasteiger partial charge in [0.05, 0.1) is 25.9 Å². The molecular formula is C19H21N3O5. The molecule has 0 N–H and O–H groups in total. The molecule has 142 valence electrons. The third kappa shape index (κ3) is 3.61. The molecule has 1 atom stereocenters. The Bertz CT molecular complexity index is 842. The van der Waals surface area contributed by atoms with Crippen LogP contribution in [0.15, 0.2) is 43.0 Å². The fourth-order valence-electron chi connectivity index (χ4n) is 2.72. The Morgan fingerprint density at radius 2 is 2.04 bits per heavy atom. The van der Waals surface area contributed by atoms with E-state index in [0.29, 0.717) is 0 Å². The number of carbonyl (C=O) groups excluding carboxylic acids is 2. The van der Waals surface area contributed by atoms with Gasteiger partial charge in [-0.1, -0.05) is 42.1 Å². The maximum Gasteiger partial charge on any atom is 0.361 e. The lowest BCUT2D eigenvalue weighted by molar-refractivity contribution is -0.152.